The van der Waals surface area contributed by atoms with Gasteiger partial charge in [0.2, 0.25) is 0 Å². The van der Waals surface area contributed by atoms with Crippen LogP contribution in [0.5, 0.6) is 0 Å². The van der Waals surface area contributed by atoms with Crippen molar-refractivity contribution < 1.29 is 0 Å². The highest BCUT2D eigenvalue weighted by atomic mass is 35.5. The zero-order valence-electron chi connectivity index (χ0n) is 9.85. The van der Waals surface area contributed by atoms with E-state index in [1.807, 2.05) is 36.0 Å². The predicted octanol–water partition coefficient (Wildman–Crippen LogP) is 4.23. The van der Waals surface area contributed by atoms with Crippen molar-refractivity contribution in [1.82, 2.24) is 10.2 Å². The van der Waals surface area contributed by atoms with Crippen molar-refractivity contribution in [2.45, 2.75) is 10.1 Å². The molecule has 2 N–H and O–H groups in total. The third kappa shape index (κ3) is 1.79. The summed E-state index contributed by atoms with van der Waals surface area (Å²) in [6, 6.07) is 7.65. The fourth-order valence-electron chi connectivity index (χ4n) is 2.34. The highest BCUT2D eigenvalue weighted by molar-refractivity contribution is 8.01. The van der Waals surface area contributed by atoms with E-state index in [2.05, 4.69) is 33.7 Å². The van der Waals surface area contributed by atoms with E-state index in [9.17, 15) is 0 Å². The Bertz CT molecular complexity index is 717. The lowest BCUT2D eigenvalue weighted by Crippen LogP contribution is -1.94. The van der Waals surface area contributed by atoms with Gasteiger partial charge in [-0.25, -0.2) is 0 Å². The average molecular weight is 288 g/mol. The van der Waals surface area contributed by atoms with Gasteiger partial charge in [0.1, 0.15) is 0 Å². The Morgan fingerprint density at radius 1 is 1.37 bits per heavy atom. The second-order valence-electron chi connectivity index (χ2n) is 4.46. The molecule has 3 nitrogen and oxygen atoms in total. The molecular formula is C14H10ClN3S. The molecular weight excluding hydrogens is 278 g/mol. The summed E-state index contributed by atoms with van der Waals surface area (Å²) in [5, 5.41) is 11.9. The third-order valence-corrected chi connectivity index (χ3v) is 4.74. The molecule has 0 fully saturated rings. The number of aromatic nitrogens is 2. The zero-order chi connectivity index (χ0) is 12.8. The molecule has 19 heavy (non-hydrogen) atoms. The molecule has 2 aromatic rings. The molecule has 1 unspecified atom stereocenters. The number of rotatable bonds is 2. The monoisotopic (exact) mass is 287 g/mol. The van der Waals surface area contributed by atoms with Crippen LogP contribution < -0.4 is 5.32 Å². The molecule has 0 spiro atoms. The molecule has 0 amide bonds. The predicted molar refractivity (Wildman–Crippen MR) is 80.1 cm³/mol. The summed E-state index contributed by atoms with van der Waals surface area (Å²) in [6.45, 7) is 0. The minimum absolute atomic E-state index is 0.434. The van der Waals surface area contributed by atoms with E-state index >= 15 is 0 Å². The van der Waals surface area contributed by atoms with Crippen LogP contribution in [-0.4, -0.2) is 15.4 Å². The first-order valence-corrected chi connectivity index (χ1v) is 7.23. The maximum absolute atomic E-state index is 5.99. The summed E-state index contributed by atoms with van der Waals surface area (Å²) < 4.78 is 0. The van der Waals surface area contributed by atoms with Crippen LogP contribution >= 0.6 is 23.4 Å². The van der Waals surface area contributed by atoms with Crippen LogP contribution in [0.25, 0.3) is 5.57 Å². The molecule has 1 aliphatic carbocycles. The summed E-state index contributed by atoms with van der Waals surface area (Å²) in [5.41, 5.74) is 3.39. The Balaban J connectivity index is 1.68. The topological polar surface area (TPSA) is 40.7 Å². The molecule has 1 atom stereocenters. The number of nitrogens with one attached hydrogen (secondary N) is 2. The van der Waals surface area contributed by atoms with Crippen molar-refractivity contribution in [3.8, 4) is 0 Å². The Morgan fingerprint density at radius 3 is 3.21 bits per heavy atom. The van der Waals surface area contributed by atoms with Gasteiger partial charge in [-0.15, -0.1) is 11.8 Å². The molecule has 2 aliphatic rings. The van der Waals surface area contributed by atoms with Crippen LogP contribution in [0, 0.1) is 0 Å². The number of thioether (sulfide) groups is 1. The van der Waals surface area contributed by atoms with Gasteiger partial charge in [-0.2, -0.15) is 5.10 Å². The fraction of sp³-hybridized carbons (Fsp3) is 0.0714. The number of nitrogens with zero attached hydrogens (tertiary/aromatic N) is 1. The smallest absolute Gasteiger partial charge is 0.166 e. The quantitative estimate of drug-likeness (QED) is 0.868. The van der Waals surface area contributed by atoms with Gasteiger partial charge in [-0.05, 0) is 23.8 Å². The molecule has 0 radical (unpaired) electrons. The van der Waals surface area contributed by atoms with E-state index < -0.39 is 0 Å². The summed E-state index contributed by atoms with van der Waals surface area (Å²) in [6.07, 6.45) is 6.45. The summed E-state index contributed by atoms with van der Waals surface area (Å²) >= 11 is 7.81. The summed E-state index contributed by atoms with van der Waals surface area (Å²) in [7, 11) is 0. The van der Waals surface area contributed by atoms with Crippen LogP contribution in [0.1, 0.15) is 5.69 Å². The maximum Gasteiger partial charge on any atom is 0.166 e. The van der Waals surface area contributed by atoms with Gasteiger partial charge in [0.15, 0.2) is 5.82 Å². The van der Waals surface area contributed by atoms with Gasteiger partial charge in [0.05, 0.1) is 15.8 Å². The lowest BCUT2D eigenvalue weighted by Gasteiger charge is -2.05. The average Bonchev–Trinajstić information content (AvgIpc) is 3.03. The van der Waals surface area contributed by atoms with Crippen molar-refractivity contribution in [3.63, 3.8) is 0 Å². The van der Waals surface area contributed by atoms with Crippen LogP contribution in [0.3, 0.4) is 0 Å². The highest BCUT2D eigenvalue weighted by Crippen LogP contribution is 2.49. The normalized spacial score (nSPS) is 19.2. The van der Waals surface area contributed by atoms with Gasteiger partial charge in [-0.1, -0.05) is 35.9 Å². The van der Waals surface area contributed by atoms with Crippen molar-refractivity contribution in [2.24, 2.45) is 0 Å². The minimum atomic E-state index is 0.434. The molecule has 1 aliphatic heterocycles. The molecule has 4 rings (SSSR count). The number of allylic oxidation sites excluding steroid dienone is 2. The first-order valence-electron chi connectivity index (χ1n) is 5.97. The Labute approximate surface area is 119 Å². The van der Waals surface area contributed by atoms with E-state index in [1.165, 1.54) is 10.5 Å². The molecule has 0 saturated carbocycles. The van der Waals surface area contributed by atoms with Gasteiger partial charge in [-0.3, -0.25) is 5.10 Å². The first kappa shape index (κ1) is 11.2. The van der Waals surface area contributed by atoms with E-state index in [1.54, 1.807) is 0 Å². The van der Waals surface area contributed by atoms with Crippen molar-refractivity contribution in [1.29, 1.82) is 0 Å². The Morgan fingerprint density at radius 2 is 2.32 bits per heavy atom. The molecule has 94 valence electrons. The number of hydrogen-bond acceptors (Lipinski definition) is 3. The van der Waals surface area contributed by atoms with Gasteiger partial charge < -0.3 is 5.32 Å². The van der Waals surface area contributed by atoms with Gasteiger partial charge in [0.25, 0.3) is 0 Å². The summed E-state index contributed by atoms with van der Waals surface area (Å²) in [4.78, 5) is 1.18. The highest BCUT2D eigenvalue weighted by Gasteiger charge is 2.32. The first-order chi connectivity index (χ1) is 9.31. The van der Waals surface area contributed by atoms with Crippen LogP contribution in [0.15, 0.2) is 47.4 Å². The lowest BCUT2D eigenvalue weighted by molar-refractivity contribution is 1.07. The number of aromatic amines is 1. The number of H-pyrrole nitrogens is 1. The van der Waals surface area contributed by atoms with E-state index in [0.29, 0.717) is 10.3 Å². The van der Waals surface area contributed by atoms with E-state index in [0.717, 1.165) is 17.2 Å². The van der Waals surface area contributed by atoms with Gasteiger partial charge in [0, 0.05) is 10.7 Å². The molecule has 1 aromatic carbocycles. The standard InChI is InChI=1S/C14H10ClN3S/c15-8-3-1-4-9(7-8)16-14-13-12(17-18-14)10-5-2-6-11(10)19-13/h1-7,11H,(H2,16,17,18). The second kappa shape index (κ2) is 4.18. The number of benzene rings is 1. The van der Waals surface area contributed by atoms with Crippen LogP contribution in [0.4, 0.5) is 11.5 Å². The molecule has 1 aromatic heterocycles. The summed E-state index contributed by atoms with van der Waals surface area (Å²) in [5.74, 6) is 0.867. The number of anilines is 2. The SMILES string of the molecule is Clc1cccc(Nc2n[nH]c3c2SC2C=CC=C32)c1. The second-order valence-corrected chi connectivity index (χ2v) is 6.05. The van der Waals surface area contributed by atoms with Gasteiger partial charge >= 0.3 is 0 Å². The van der Waals surface area contributed by atoms with Crippen molar-refractivity contribution >= 4 is 40.4 Å². The van der Waals surface area contributed by atoms with E-state index in [4.69, 9.17) is 11.6 Å². The van der Waals surface area contributed by atoms with Crippen LogP contribution in [-0.2, 0) is 0 Å². The van der Waals surface area contributed by atoms with Crippen molar-refractivity contribution in [2.75, 3.05) is 5.32 Å². The number of hydrogen-bond donors (Lipinski definition) is 2. The molecule has 0 saturated heterocycles. The Kier molecular flexibility index (Phi) is 2.47. The number of fused-ring (bicyclic) bond motifs is 3. The third-order valence-electron chi connectivity index (χ3n) is 3.21. The van der Waals surface area contributed by atoms with Crippen LogP contribution in [0.2, 0.25) is 5.02 Å². The lowest BCUT2D eigenvalue weighted by atomic mass is 10.2. The molecule has 2 heterocycles. The molecule has 5 heteroatoms. The zero-order valence-corrected chi connectivity index (χ0v) is 11.4. The fourth-order valence-corrected chi connectivity index (χ4v) is 3.77. The van der Waals surface area contributed by atoms with Crippen molar-refractivity contribution in [3.05, 3.63) is 53.2 Å². The maximum atomic E-state index is 5.99. The number of halogens is 1. The Hall–Kier alpha value is -1.65. The van der Waals surface area contributed by atoms with E-state index in [-0.39, 0.29) is 0 Å². The largest absolute Gasteiger partial charge is 0.338 e. The molecule has 0 bridgehead atoms. The minimum Gasteiger partial charge on any atom is -0.338 e.